The first-order valence-corrected chi connectivity index (χ1v) is 7.95. The Morgan fingerprint density at radius 2 is 2.00 bits per heavy atom. The summed E-state index contributed by atoms with van der Waals surface area (Å²) in [4.78, 5) is 35.3. The molecule has 2 N–H and O–H groups in total. The van der Waals surface area contributed by atoms with E-state index in [1.54, 1.807) is 6.07 Å². The predicted octanol–water partition coefficient (Wildman–Crippen LogP) is 2.85. The average Bonchev–Trinajstić information content (AvgIpc) is 2.56. The fraction of sp³-hybridized carbons (Fsp3) is 0.389. The number of aryl methyl sites for hydroxylation is 2. The van der Waals surface area contributed by atoms with E-state index < -0.39 is 24.5 Å². The zero-order valence-electron chi connectivity index (χ0n) is 13.9. The Morgan fingerprint density at radius 3 is 2.67 bits per heavy atom. The van der Waals surface area contributed by atoms with E-state index in [1.807, 2.05) is 38.1 Å². The van der Waals surface area contributed by atoms with E-state index >= 15 is 0 Å². The van der Waals surface area contributed by atoms with E-state index in [0.29, 0.717) is 12.1 Å². The van der Waals surface area contributed by atoms with Gasteiger partial charge in [0.25, 0.3) is 5.91 Å². The van der Waals surface area contributed by atoms with Gasteiger partial charge < -0.3 is 10.1 Å². The van der Waals surface area contributed by atoms with Crippen LogP contribution in [0.3, 0.4) is 0 Å². The summed E-state index contributed by atoms with van der Waals surface area (Å²) in [6.45, 7) is 3.36. The molecule has 128 valence electrons. The predicted molar refractivity (Wildman–Crippen MR) is 90.5 cm³/mol. The lowest BCUT2D eigenvalue weighted by Gasteiger charge is -2.16. The number of rotatable bonds is 4. The van der Waals surface area contributed by atoms with Crippen molar-refractivity contribution in [3.63, 3.8) is 0 Å². The molecule has 0 saturated heterocycles. The lowest BCUT2D eigenvalue weighted by Crippen LogP contribution is -2.37. The number of urea groups is 1. The third kappa shape index (κ3) is 5.22. The Bertz CT molecular complexity index is 667. The molecule has 0 aliphatic heterocycles. The van der Waals surface area contributed by atoms with Crippen molar-refractivity contribution >= 4 is 23.6 Å². The van der Waals surface area contributed by atoms with Crippen LogP contribution in [0.2, 0.25) is 0 Å². The maximum Gasteiger partial charge on any atom is 0.325 e. The number of nitrogens with one attached hydrogen (secondary N) is 2. The molecule has 1 aliphatic rings. The van der Waals surface area contributed by atoms with Gasteiger partial charge in [0.1, 0.15) is 0 Å². The minimum Gasteiger partial charge on any atom is -0.455 e. The second-order valence-corrected chi connectivity index (χ2v) is 5.91. The molecule has 0 unspecified atom stereocenters. The SMILES string of the molecule is Cc1ccc(NC(=O)NC(=O)COC(=O)[C@@H]2CC=CCC2)c(C)c1. The van der Waals surface area contributed by atoms with Crippen molar-refractivity contribution in [1.29, 1.82) is 0 Å². The van der Waals surface area contributed by atoms with E-state index in [4.69, 9.17) is 4.74 Å². The molecule has 24 heavy (non-hydrogen) atoms. The molecular formula is C18H22N2O4. The molecule has 0 bridgehead atoms. The topological polar surface area (TPSA) is 84.5 Å². The van der Waals surface area contributed by atoms with Crippen molar-refractivity contribution in [2.45, 2.75) is 33.1 Å². The van der Waals surface area contributed by atoms with Gasteiger partial charge in [0.15, 0.2) is 6.61 Å². The molecule has 0 aromatic heterocycles. The molecule has 0 fully saturated rings. The summed E-state index contributed by atoms with van der Waals surface area (Å²) in [7, 11) is 0. The molecule has 6 nitrogen and oxygen atoms in total. The zero-order chi connectivity index (χ0) is 17.5. The summed E-state index contributed by atoms with van der Waals surface area (Å²) in [6, 6.07) is 4.91. The zero-order valence-corrected chi connectivity index (χ0v) is 13.9. The summed E-state index contributed by atoms with van der Waals surface area (Å²) in [5.41, 5.74) is 2.60. The summed E-state index contributed by atoms with van der Waals surface area (Å²) in [5, 5.41) is 4.75. The van der Waals surface area contributed by atoms with Gasteiger partial charge in [-0.3, -0.25) is 14.9 Å². The molecule has 0 radical (unpaired) electrons. The van der Waals surface area contributed by atoms with Crippen LogP contribution in [0.15, 0.2) is 30.4 Å². The fourth-order valence-corrected chi connectivity index (χ4v) is 2.53. The van der Waals surface area contributed by atoms with Gasteiger partial charge in [-0.25, -0.2) is 4.79 Å². The first-order valence-electron chi connectivity index (χ1n) is 7.95. The highest BCUT2D eigenvalue weighted by atomic mass is 16.5. The fourth-order valence-electron chi connectivity index (χ4n) is 2.53. The van der Waals surface area contributed by atoms with Crippen LogP contribution in [-0.4, -0.2) is 24.5 Å². The molecular weight excluding hydrogens is 308 g/mol. The average molecular weight is 330 g/mol. The number of benzene rings is 1. The van der Waals surface area contributed by atoms with Crippen molar-refractivity contribution in [2.75, 3.05) is 11.9 Å². The Balaban J connectivity index is 1.76. The second kappa shape index (κ2) is 8.29. The summed E-state index contributed by atoms with van der Waals surface area (Å²) < 4.78 is 4.97. The van der Waals surface area contributed by atoms with Gasteiger partial charge in [-0.2, -0.15) is 0 Å². The van der Waals surface area contributed by atoms with Gasteiger partial charge >= 0.3 is 12.0 Å². The number of anilines is 1. The molecule has 2 rings (SSSR count). The van der Waals surface area contributed by atoms with Crippen LogP contribution in [0, 0.1) is 19.8 Å². The van der Waals surface area contributed by atoms with E-state index in [2.05, 4.69) is 10.6 Å². The highest BCUT2D eigenvalue weighted by molar-refractivity contribution is 6.02. The second-order valence-electron chi connectivity index (χ2n) is 5.91. The Hall–Kier alpha value is -2.63. The van der Waals surface area contributed by atoms with E-state index in [1.165, 1.54) is 0 Å². The molecule has 0 saturated carbocycles. The van der Waals surface area contributed by atoms with Crippen LogP contribution in [0.4, 0.5) is 10.5 Å². The third-order valence-corrected chi connectivity index (χ3v) is 3.83. The van der Waals surface area contributed by atoms with E-state index in [0.717, 1.165) is 24.0 Å². The standard InChI is InChI=1S/C18H22N2O4/c1-12-8-9-15(13(2)10-12)19-18(23)20-16(21)11-24-17(22)14-6-4-3-5-7-14/h3-4,8-10,14H,5-7,11H2,1-2H3,(H2,19,20,21,23)/t14-/m1/s1. The first kappa shape index (κ1) is 17.7. The van der Waals surface area contributed by atoms with Gasteiger partial charge in [-0.15, -0.1) is 0 Å². The van der Waals surface area contributed by atoms with Gasteiger partial charge in [0, 0.05) is 5.69 Å². The van der Waals surface area contributed by atoms with Crippen molar-refractivity contribution in [3.05, 3.63) is 41.5 Å². The molecule has 0 heterocycles. The third-order valence-electron chi connectivity index (χ3n) is 3.83. The molecule has 1 atom stereocenters. The van der Waals surface area contributed by atoms with Crippen LogP contribution in [0.5, 0.6) is 0 Å². The van der Waals surface area contributed by atoms with E-state index in [-0.39, 0.29) is 5.92 Å². The Labute approximate surface area is 141 Å². The van der Waals surface area contributed by atoms with Crippen molar-refractivity contribution in [1.82, 2.24) is 5.32 Å². The van der Waals surface area contributed by atoms with Crippen molar-refractivity contribution < 1.29 is 19.1 Å². The lowest BCUT2D eigenvalue weighted by atomic mass is 9.95. The molecule has 6 heteroatoms. The Kier molecular flexibility index (Phi) is 6.12. The minimum absolute atomic E-state index is 0.202. The number of ether oxygens (including phenoxy) is 1. The summed E-state index contributed by atoms with van der Waals surface area (Å²) in [5.74, 6) is -1.26. The van der Waals surface area contributed by atoms with E-state index in [9.17, 15) is 14.4 Å². The number of carbonyl (C=O) groups excluding carboxylic acids is 3. The number of allylic oxidation sites excluding steroid dienone is 2. The maximum absolute atomic E-state index is 11.8. The number of carbonyl (C=O) groups is 3. The van der Waals surface area contributed by atoms with Crippen LogP contribution >= 0.6 is 0 Å². The molecule has 1 aromatic carbocycles. The van der Waals surface area contributed by atoms with Gasteiger partial charge in [0.05, 0.1) is 5.92 Å². The van der Waals surface area contributed by atoms with Gasteiger partial charge in [-0.1, -0.05) is 29.8 Å². The number of amides is 3. The van der Waals surface area contributed by atoms with Crippen LogP contribution in [0.1, 0.15) is 30.4 Å². The van der Waals surface area contributed by atoms with Crippen LogP contribution in [-0.2, 0) is 14.3 Å². The molecule has 0 spiro atoms. The number of hydrogen-bond acceptors (Lipinski definition) is 4. The van der Waals surface area contributed by atoms with Gasteiger partial charge in [0.2, 0.25) is 0 Å². The van der Waals surface area contributed by atoms with Crippen LogP contribution in [0.25, 0.3) is 0 Å². The van der Waals surface area contributed by atoms with Crippen molar-refractivity contribution in [3.8, 4) is 0 Å². The summed E-state index contributed by atoms with van der Waals surface area (Å²) in [6.07, 6.45) is 6.16. The van der Waals surface area contributed by atoms with Crippen molar-refractivity contribution in [2.24, 2.45) is 5.92 Å². The smallest absolute Gasteiger partial charge is 0.325 e. The van der Waals surface area contributed by atoms with Crippen LogP contribution < -0.4 is 10.6 Å². The molecule has 1 aliphatic carbocycles. The highest BCUT2D eigenvalue weighted by Gasteiger charge is 2.21. The highest BCUT2D eigenvalue weighted by Crippen LogP contribution is 2.19. The number of imide groups is 1. The number of esters is 1. The normalized spacial score (nSPS) is 16.3. The number of hydrogen-bond donors (Lipinski definition) is 2. The molecule has 3 amide bonds. The maximum atomic E-state index is 11.8. The largest absolute Gasteiger partial charge is 0.455 e. The minimum atomic E-state index is -0.656. The quantitative estimate of drug-likeness (QED) is 0.657. The summed E-state index contributed by atoms with van der Waals surface area (Å²) >= 11 is 0. The first-order chi connectivity index (χ1) is 11.5. The Morgan fingerprint density at radius 1 is 1.21 bits per heavy atom. The molecule has 1 aromatic rings. The monoisotopic (exact) mass is 330 g/mol. The van der Waals surface area contributed by atoms with Gasteiger partial charge in [-0.05, 0) is 44.7 Å². The lowest BCUT2D eigenvalue weighted by molar-refractivity contribution is -0.152.